The number of carbonyl (C=O) groups is 1. The summed E-state index contributed by atoms with van der Waals surface area (Å²) in [4.78, 5) is 12.7. The van der Waals surface area contributed by atoms with Crippen molar-refractivity contribution in [2.24, 2.45) is 0 Å². The van der Waals surface area contributed by atoms with Crippen molar-refractivity contribution in [3.8, 4) is 22.7 Å². The minimum Gasteiger partial charge on any atom is -0.494 e. The SMILES string of the molecule is CCOc1ccc([C@H]2CC(=O)Nc3c2c(-c2ccccc2)nn3-c2ccccc2)cc1. The van der Waals surface area contributed by atoms with Crippen LogP contribution < -0.4 is 10.1 Å². The van der Waals surface area contributed by atoms with E-state index in [1.807, 2.05) is 84.4 Å². The van der Waals surface area contributed by atoms with Gasteiger partial charge < -0.3 is 10.1 Å². The normalized spacial score (nSPS) is 15.3. The Hall–Kier alpha value is -3.86. The van der Waals surface area contributed by atoms with Crippen LogP contribution in [0.5, 0.6) is 5.75 Å². The van der Waals surface area contributed by atoms with Crippen LogP contribution in [-0.2, 0) is 4.79 Å². The van der Waals surface area contributed by atoms with Gasteiger partial charge in [-0.2, -0.15) is 5.10 Å². The predicted molar refractivity (Wildman–Crippen MR) is 122 cm³/mol. The van der Waals surface area contributed by atoms with Crippen molar-refractivity contribution in [3.63, 3.8) is 0 Å². The second kappa shape index (κ2) is 8.11. The summed E-state index contributed by atoms with van der Waals surface area (Å²) in [6.45, 7) is 2.59. The van der Waals surface area contributed by atoms with Crippen LogP contribution >= 0.6 is 0 Å². The van der Waals surface area contributed by atoms with Crippen molar-refractivity contribution < 1.29 is 9.53 Å². The molecule has 0 saturated carbocycles. The maximum atomic E-state index is 12.7. The molecule has 1 aliphatic heterocycles. The minimum atomic E-state index is -0.0907. The summed E-state index contributed by atoms with van der Waals surface area (Å²) in [6.07, 6.45) is 0.376. The second-order valence-electron chi connectivity index (χ2n) is 7.53. The first-order chi connectivity index (χ1) is 15.2. The van der Waals surface area contributed by atoms with Gasteiger partial charge in [0.2, 0.25) is 5.91 Å². The van der Waals surface area contributed by atoms with Crippen LogP contribution in [0.4, 0.5) is 5.82 Å². The molecule has 1 N–H and O–H groups in total. The van der Waals surface area contributed by atoms with Crippen LogP contribution in [0.1, 0.15) is 30.4 Å². The number of para-hydroxylation sites is 1. The summed E-state index contributed by atoms with van der Waals surface area (Å²) in [6, 6.07) is 28.1. The van der Waals surface area contributed by atoms with E-state index in [9.17, 15) is 4.79 Å². The maximum absolute atomic E-state index is 12.7. The van der Waals surface area contributed by atoms with E-state index in [0.29, 0.717) is 13.0 Å². The highest BCUT2D eigenvalue weighted by Gasteiger charge is 2.34. The maximum Gasteiger partial charge on any atom is 0.226 e. The second-order valence-corrected chi connectivity index (χ2v) is 7.53. The van der Waals surface area contributed by atoms with E-state index in [1.165, 1.54) is 0 Å². The fourth-order valence-electron chi connectivity index (χ4n) is 4.16. The number of ether oxygens (including phenoxy) is 1. The molecule has 5 rings (SSSR count). The zero-order valence-electron chi connectivity index (χ0n) is 17.3. The lowest BCUT2D eigenvalue weighted by molar-refractivity contribution is -0.116. The Morgan fingerprint density at radius 1 is 0.968 bits per heavy atom. The first kappa shape index (κ1) is 19.1. The van der Waals surface area contributed by atoms with Crippen molar-refractivity contribution in [1.82, 2.24) is 9.78 Å². The van der Waals surface area contributed by atoms with Crippen LogP contribution in [-0.4, -0.2) is 22.3 Å². The van der Waals surface area contributed by atoms with E-state index < -0.39 is 0 Å². The zero-order chi connectivity index (χ0) is 21.2. The van der Waals surface area contributed by atoms with Crippen LogP contribution in [0, 0.1) is 0 Å². The van der Waals surface area contributed by atoms with Crippen LogP contribution in [0.15, 0.2) is 84.9 Å². The van der Waals surface area contributed by atoms with Gasteiger partial charge in [0.05, 0.1) is 18.0 Å². The molecule has 0 saturated heterocycles. The molecule has 4 aromatic rings. The van der Waals surface area contributed by atoms with Gasteiger partial charge in [-0.05, 0) is 36.8 Å². The van der Waals surface area contributed by atoms with Crippen LogP contribution in [0.3, 0.4) is 0 Å². The van der Waals surface area contributed by atoms with Gasteiger partial charge in [-0.15, -0.1) is 0 Å². The number of hydrogen-bond donors (Lipinski definition) is 1. The Labute approximate surface area is 181 Å². The molecule has 5 heteroatoms. The molecule has 0 unspecified atom stereocenters. The Bertz CT molecular complexity index is 1200. The number of aromatic nitrogens is 2. The Balaban J connectivity index is 1.70. The predicted octanol–water partition coefficient (Wildman–Crippen LogP) is 5.41. The van der Waals surface area contributed by atoms with Gasteiger partial charge >= 0.3 is 0 Å². The molecule has 1 aromatic heterocycles. The molecule has 1 aliphatic rings. The lowest BCUT2D eigenvalue weighted by Crippen LogP contribution is -2.24. The third kappa shape index (κ3) is 3.59. The van der Waals surface area contributed by atoms with Gasteiger partial charge in [-0.3, -0.25) is 4.79 Å². The van der Waals surface area contributed by atoms with Crippen molar-refractivity contribution in [3.05, 3.63) is 96.1 Å². The lowest BCUT2D eigenvalue weighted by atomic mass is 9.84. The van der Waals surface area contributed by atoms with Gasteiger partial charge in [0.1, 0.15) is 11.6 Å². The third-order valence-electron chi connectivity index (χ3n) is 5.56. The number of amides is 1. The number of nitrogens with zero attached hydrogens (tertiary/aromatic N) is 2. The molecular formula is C26H23N3O2. The monoisotopic (exact) mass is 409 g/mol. The molecule has 31 heavy (non-hydrogen) atoms. The standard InChI is InChI=1S/C26H23N3O2/c1-2-31-21-15-13-18(14-16-21)22-17-23(30)27-26-24(22)25(19-9-5-3-6-10-19)28-29(26)20-11-7-4-8-12-20/h3-16,22H,2,17H2,1H3,(H,27,30)/t22-/m1/s1. The molecule has 154 valence electrons. The number of anilines is 1. The van der Waals surface area contributed by atoms with E-state index in [1.54, 1.807) is 0 Å². The van der Waals surface area contributed by atoms with Gasteiger partial charge in [0.15, 0.2) is 0 Å². The van der Waals surface area contributed by atoms with Gasteiger partial charge in [0.25, 0.3) is 0 Å². The summed E-state index contributed by atoms with van der Waals surface area (Å²) in [5.41, 5.74) is 4.94. The smallest absolute Gasteiger partial charge is 0.226 e. The number of benzene rings is 3. The number of rotatable bonds is 5. The van der Waals surface area contributed by atoms with Crippen molar-refractivity contribution in [1.29, 1.82) is 0 Å². The van der Waals surface area contributed by atoms with E-state index in [4.69, 9.17) is 9.84 Å². The Kier molecular flexibility index (Phi) is 5.00. The molecule has 0 fully saturated rings. The third-order valence-corrected chi connectivity index (χ3v) is 5.56. The molecule has 5 nitrogen and oxygen atoms in total. The van der Waals surface area contributed by atoms with E-state index >= 15 is 0 Å². The number of carbonyl (C=O) groups excluding carboxylic acids is 1. The summed E-state index contributed by atoms with van der Waals surface area (Å²) in [7, 11) is 0. The summed E-state index contributed by atoms with van der Waals surface area (Å²) in [5.74, 6) is 1.46. The molecule has 0 spiro atoms. The molecule has 1 atom stereocenters. The first-order valence-electron chi connectivity index (χ1n) is 10.5. The molecule has 3 aromatic carbocycles. The summed E-state index contributed by atoms with van der Waals surface area (Å²) >= 11 is 0. The van der Waals surface area contributed by atoms with Crippen molar-refractivity contribution >= 4 is 11.7 Å². The van der Waals surface area contributed by atoms with Gasteiger partial charge in [0, 0.05) is 23.5 Å². The van der Waals surface area contributed by atoms with Crippen molar-refractivity contribution in [2.45, 2.75) is 19.3 Å². The van der Waals surface area contributed by atoms with Gasteiger partial charge in [-0.25, -0.2) is 4.68 Å². The molecule has 0 aliphatic carbocycles. The van der Waals surface area contributed by atoms with Crippen LogP contribution in [0.25, 0.3) is 16.9 Å². The lowest BCUT2D eigenvalue weighted by Gasteiger charge is -2.25. The summed E-state index contributed by atoms with van der Waals surface area (Å²) < 4.78 is 7.44. The molecule has 1 amide bonds. The van der Waals surface area contributed by atoms with Crippen molar-refractivity contribution in [2.75, 3.05) is 11.9 Å². The first-order valence-corrected chi connectivity index (χ1v) is 10.5. The molecule has 0 bridgehead atoms. The summed E-state index contributed by atoms with van der Waals surface area (Å²) in [5, 5.41) is 8.05. The van der Waals surface area contributed by atoms with E-state index in [2.05, 4.69) is 17.4 Å². The van der Waals surface area contributed by atoms with E-state index in [-0.39, 0.29) is 11.8 Å². The Morgan fingerprint density at radius 3 is 2.32 bits per heavy atom. The zero-order valence-corrected chi connectivity index (χ0v) is 17.3. The Morgan fingerprint density at radius 2 is 1.65 bits per heavy atom. The topological polar surface area (TPSA) is 56.1 Å². The largest absolute Gasteiger partial charge is 0.494 e. The highest BCUT2D eigenvalue weighted by molar-refractivity contribution is 5.96. The van der Waals surface area contributed by atoms with Crippen LogP contribution in [0.2, 0.25) is 0 Å². The minimum absolute atomic E-state index is 0.0110. The molecule has 2 heterocycles. The van der Waals surface area contributed by atoms with E-state index in [0.717, 1.165) is 39.6 Å². The number of hydrogen-bond acceptors (Lipinski definition) is 3. The quantitative estimate of drug-likeness (QED) is 0.479. The number of fused-ring (bicyclic) bond motifs is 1. The average molecular weight is 409 g/mol. The molecule has 0 radical (unpaired) electrons. The highest BCUT2D eigenvalue weighted by atomic mass is 16.5. The highest BCUT2D eigenvalue weighted by Crippen LogP contribution is 2.44. The number of nitrogens with one attached hydrogen (secondary N) is 1. The fraction of sp³-hybridized carbons (Fsp3) is 0.154. The molecular weight excluding hydrogens is 386 g/mol. The fourth-order valence-corrected chi connectivity index (χ4v) is 4.16. The van der Waals surface area contributed by atoms with Gasteiger partial charge in [-0.1, -0.05) is 60.7 Å². The average Bonchev–Trinajstić information content (AvgIpc) is 3.20.